The lowest BCUT2D eigenvalue weighted by Gasteiger charge is -2.37. The molecule has 2 aliphatic rings. The van der Waals surface area contributed by atoms with Crippen LogP contribution in [0.15, 0.2) is 28.7 Å². The molecule has 0 spiro atoms. The minimum absolute atomic E-state index is 0.107. The van der Waals surface area contributed by atoms with Crippen molar-refractivity contribution in [3.05, 3.63) is 24.3 Å². The highest BCUT2D eigenvalue weighted by Gasteiger charge is 2.32. The van der Waals surface area contributed by atoms with Crippen LogP contribution in [0, 0.1) is 5.92 Å². The lowest BCUT2D eigenvalue weighted by molar-refractivity contribution is -0.138. The van der Waals surface area contributed by atoms with E-state index in [1.807, 2.05) is 29.2 Å². The molecule has 1 aromatic heterocycles. The number of hydrogen-bond donors (Lipinski definition) is 1. The SMILES string of the molecule is NCCCOC1CCN(C(=O)C2CCN(c3nc4ccccc4o3)CC2)CC1. The summed E-state index contributed by atoms with van der Waals surface area (Å²) in [7, 11) is 0. The summed E-state index contributed by atoms with van der Waals surface area (Å²) in [5.74, 6) is 0.410. The van der Waals surface area contributed by atoms with Crippen molar-refractivity contribution in [3.8, 4) is 0 Å². The first-order valence-electron chi connectivity index (χ1n) is 10.5. The Balaban J connectivity index is 1.25. The standard InChI is InChI=1S/C21H30N4O3/c22-10-3-15-27-17-8-13-24(14-9-17)20(26)16-6-11-25(12-7-16)21-23-18-4-1-2-5-19(18)28-21/h1-2,4-5,16-17H,3,6-15,22H2. The van der Waals surface area contributed by atoms with Gasteiger partial charge in [0, 0.05) is 38.7 Å². The van der Waals surface area contributed by atoms with Crippen molar-refractivity contribution in [2.75, 3.05) is 44.2 Å². The first kappa shape index (κ1) is 19.2. The third kappa shape index (κ3) is 4.31. The molecule has 0 aliphatic carbocycles. The Kier molecular flexibility index (Phi) is 6.12. The molecule has 152 valence electrons. The number of hydrogen-bond acceptors (Lipinski definition) is 6. The van der Waals surface area contributed by atoms with E-state index >= 15 is 0 Å². The van der Waals surface area contributed by atoms with Gasteiger partial charge in [0.15, 0.2) is 5.58 Å². The zero-order chi connectivity index (χ0) is 19.3. The van der Waals surface area contributed by atoms with Crippen molar-refractivity contribution in [3.63, 3.8) is 0 Å². The molecule has 0 unspecified atom stereocenters. The molecule has 7 nitrogen and oxygen atoms in total. The fourth-order valence-corrected chi connectivity index (χ4v) is 4.15. The lowest BCUT2D eigenvalue weighted by Crippen LogP contribution is -2.46. The van der Waals surface area contributed by atoms with Gasteiger partial charge in [0.1, 0.15) is 5.52 Å². The van der Waals surface area contributed by atoms with E-state index in [9.17, 15) is 4.79 Å². The molecule has 0 bridgehead atoms. The molecule has 2 saturated heterocycles. The molecule has 3 heterocycles. The number of piperidine rings is 2. The van der Waals surface area contributed by atoms with Crippen LogP contribution in [0.4, 0.5) is 6.01 Å². The predicted octanol–water partition coefficient (Wildman–Crippen LogP) is 2.40. The quantitative estimate of drug-likeness (QED) is 0.768. The molecule has 7 heteroatoms. The number of anilines is 1. The third-order valence-corrected chi connectivity index (χ3v) is 5.85. The van der Waals surface area contributed by atoms with Gasteiger partial charge in [0.2, 0.25) is 5.91 Å². The molecule has 2 fully saturated rings. The minimum atomic E-state index is 0.107. The lowest BCUT2D eigenvalue weighted by atomic mass is 9.94. The molecule has 2 aromatic rings. The Labute approximate surface area is 165 Å². The molecule has 1 aromatic carbocycles. The zero-order valence-corrected chi connectivity index (χ0v) is 16.4. The van der Waals surface area contributed by atoms with E-state index < -0.39 is 0 Å². The summed E-state index contributed by atoms with van der Waals surface area (Å²) in [6.45, 7) is 4.61. The molecular formula is C21H30N4O3. The van der Waals surface area contributed by atoms with Crippen molar-refractivity contribution in [2.24, 2.45) is 11.7 Å². The number of carbonyl (C=O) groups excluding carboxylic acids is 1. The Morgan fingerprint density at radius 3 is 2.61 bits per heavy atom. The second kappa shape index (κ2) is 8.92. The Bertz CT molecular complexity index is 744. The summed E-state index contributed by atoms with van der Waals surface area (Å²) >= 11 is 0. The number of amides is 1. The maximum atomic E-state index is 12.9. The fraction of sp³-hybridized carbons (Fsp3) is 0.619. The number of fused-ring (bicyclic) bond motifs is 1. The van der Waals surface area contributed by atoms with Gasteiger partial charge in [-0.05, 0) is 50.8 Å². The van der Waals surface area contributed by atoms with Crippen LogP contribution in [0.5, 0.6) is 0 Å². The van der Waals surface area contributed by atoms with Crippen LogP contribution in [0.25, 0.3) is 11.1 Å². The van der Waals surface area contributed by atoms with Crippen molar-refractivity contribution < 1.29 is 13.9 Å². The molecule has 2 aliphatic heterocycles. The summed E-state index contributed by atoms with van der Waals surface area (Å²) in [6, 6.07) is 8.48. The number of ether oxygens (including phenoxy) is 1. The van der Waals surface area contributed by atoms with E-state index in [1.165, 1.54) is 0 Å². The Hall–Kier alpha value is -2.12. The predicted molar refractivity (Wildman–Crippen MR) is 108 cm³/mol. The van der Waals surface area contributed by atoms with Crippen molar-refractivity contribution in [1.29, 1.82) is 0 Å². The van der Waals surface area contributed by atoms with E-state index in [1.54, 1.807) is 0 Å². The van der Waals surface area contributed by atoms with Gasteiger partial charge in [0.05, 0.1) is 6.10 Å². The van der Waals surface area contributed by atoms with Gasteiger partial charge in [-0.15, -0.1) is 0 Å². The third-order valence-electron chi connectivity index (χ3n) is 5.85. The highest BCUT2D eigenvalue weighted by Crippen LogP contribution is 2.28. The first-order chi connectivity index (χ1) is 13.7. The van der Waals surface area contributed by atoms with Gasteiger partial charge < -0.3 is 24.7 Å². The molecule has 0 atom stereocenters. The number of rotatable bonds is 6. The second-order valence-electron chi connectivity index (χ2n) is 7.76. The van der Waals surface area contributed by atoms with Crippen LogP contribution in [0.2, 0.25) is 0 Å². The molecular weight excluding hydrogens is 356 g/mol. The van der Waals surface area contributed by atoms with E-state index in [4.69, 9.17) is 14.9 Å². The molecule has 28 heavy (non-hydrogen) atoms. The fourth-order valence-electron chi connectivity index (χ4n) is 4.15. The maximum absolute atomic E-state index is 12.9. The van der Waals surface area contributed by atoms with Crippen molar-refractivity contribution >= 4 is 23.0 Å². The van der Waals surface area contributed by atoms with E-state index in [0.717, 1.165) is 76.0 Å². The Morgan fingerprint density at radius 1 is 1.14 bits per heavy atom. The largest absolute Gasteiger partial charge is 0.423 e. The van der Waals surface area contributed by atoms with Crippen molar-refractivity contribution in [1.82, 2.24) is 9.88 Å². The number of carbonyl (C=O) groups is 1. The summed E-state index contributed by atoms with van der Waals surface area (Å²) in [5, 5.41) is 0. The monoisotopic (exact) mass is 386 g/mol. The highest BCUT2D eigenvalue weighted by molar-refractivity contribution is 5.79. The molecule has 1 amide bonds. The van der Waals surface area contributed by atoms with Gasteiger partial charge >= 0.3 is 0 Å². The smallest absolute Gasteiger partial charge is 0.298 e. The van der Waals surface area contributed by atoms with E-state index in [-0.39, 0.29) is 12.0 Å². The highest BCUT2D eigenvalue weighted by atomic mass is 16.5. The normalized spacial score (nSPS) is 19.5. The number of benzene rings is 1. The molecule has 4 rings (SSSR count). The van der Waals surface area contributed by atoms with E-state index in [0.29, 0.717) is 18.5 Å². The number of nitrogens with two attached hydrogens (primary N) is 1. The van der Waals surface area contributed by atoms with Gasteiger partial charge in [0.25, 0.3) is 6.01 Å². The van der Waals surface area contributed by atoms with Crippen LogP contribution in [0.3, 0.4) is 0 Å². The number of likely N-dealkylation sites (tertiary alicyclic amines) is 1. The average molecular weight is 386 g/mol. The average Bonchev–Trinajstić information content (AvgIpc) is 3.18. The van der Waals surface area contributed by atoms with Gasteiger partial charge in [-0.1, -0.05) is 12.1 Å². The van der Waals surface area contributed by atoms with Gasteiger partial charge in [-0.3, -0.25) is 4.79 Å². The van der Waals surface area contributed by atoms with Gasteiger partial charge in [-0.25, -0.2) is 0 Å². The Morgan fingerprint density at radius 2 is 1.89 bits per heavy atom. The van der Waals surface area contributed by atoms with Crippen LogP contribution in [-0.4, -0.2) is 61.2 Å². The minimum Gasteiger partial charge on any atom is -0.423 e. The van der Waals surface area contributed by atoms with Crippen molar-refractivity contribution in [2.45, 2.75) is 38.2 Å². The number of aromatic nitrogens is 1. The topological polar surface area (TPSA) is 84.8 Å². The number of oxazole rings is 1. The van der Waals surface area contributed by atoms with Crippen LogP contribution >= 0.6 is 0 Å². The summed E-state index contributed by atoms with van der Waals surface area (Å²) < 4.78 is 11.7. The van der Waals surface area contributed by atoms with Crippen LogP contribution in [0.1, 0.15) is 32.1 Å². The number of nitrogens with zero attached hydrogens (tertiary/aromatic N) is 3. The molecule has 0 saturated carbocycles. The summed E-state index contributed by atoms with van der Waals surface area (Å²) in [6.07, 6.45) is 4.74. The summed E-state index contributed by atoms with van der Waals surface area (Å²) in [5.41, 5.74) is 7.20. The maximum Gasteiger partial charge on any atom is 0.298 e. The van der Waals surface area contributed by atoms with Gasteiger partial charge in [-0.2, -0.15) is 4.98 Å². The first-order valence-corrected chi connectivity index (χ1v) is 10.5. The van der Waals surface area contributed by atoms with E-state index in [2.05, 4.69) is 9.88 Å². The van der Waals surface area contributed by atoms with Crippen LogP contribution < -0.4 is 10.6 Å². The number of para-hydroxylation sites is 2. The molecule has 0 radical (unpaired) electrons. The second-order valence-corrected chi connectivity index (χ2v) is 7.76. The summed E-state index contributed by atoms with van der Waals surface area (Å²) in [4.78, 5) is 21.7. The zero-order valence-electron chi connectivity index (χ0n) is 16.4. The molecule has 2 N–H and O–H groups in total. The van der Waals surface area contributed by atoms with Crippen LogP contribution in [-0.2, 0) is 9.53 Å².